The minimum atomic E-state index is -0.924. The summed E-state index contributed by atoms with van der Waals surface area (Å²) in [5.41, 5.74) is 0.761. The van der Waals surface area contributed by atoms with E-state index in [4.69, 9.17) is 19.0 Å². The lowest BCUT2D eigenvalue weighted by molar-refractivity contribution is -0.385. The summed E-state index contributed by atoms with van der Waals surface area (Å²) in [6.45, 7) is 2.14. The molecule has 9 nitrogen and oxygen atoms in total. The average Bonchev–Trinajstić information content (AvgIpc) is 3.14. The number of rotatable bonds is 3. The second kappa shape index (κ2) is 6.86. The van der Waals surface area contributed by atoms with Gasteiger partial charge in [0.25, 0.3) is 11.6 Å². The smallest absolute Gasteiger partial charge is 0.277 e. The molecule has 0 aliphatic carbocycles. The highest BCUT2D eigenvalue weighted by molar-refractivity contribution is 5.94. The maximum atomic E-state index is 12.8. The summed E-state index contributed by atoms with van der Waals surface area (Å²) in [5, 5.41) is 12.2. The Bertz CT molecular complexity index is 901. The van der Waals surface area contributed by atoms with Crippen molar-refractivity contribution in [1.82, 2.24) is 5.06 Å². The highest BCUT2D eigenvalue weighted by atomic mass is 16.8. The fourth-order valence-electron chi connectivity index (χ4n) is 2.90. The number of nitro benzene ring substituents is 1. The van der Waals surface area contributed by atoms with Gasteiger partial charge in [0.15, 0.2) is 11.5 Å². The van der Waals surface area contributed by atoms with Gasteiger partial charge in [0.1, 0.15) is 0 Å². The van der Waals surface area contributed by atoms with Crippen LogP contribution >= 0.6 is 0 Å². The fourth-order valence-corrected chi connectivity index (χ4v) is 2.90. The van der Waals surface area contributed by atoms with Crippen molar-refractivity contribution in [3.63, 3.8) is 0 Å². The van der Waals surface area contributed by atoms with Crippen molar-refractivity contribution in [3.8, 4) is 11.5 Å². The third-order valence-electron chi connectivity index (χ3n) is 4.20. The second-order valence-corrected chi connectivity index (χ2v) is 6.17. The van der Waals surface area contributed by atoms with Crippen LogP contribution in [0.25, 0.3) is 0 Å². The van der Waals surface area contributed by atoms with Crippen molar-refractivity contribution in [2.75, 3.05) is 13.3 Å². The molecule has 0 bridgehead atoms. The molecule has 0 N–H and O–H groups in total. The second-order valence-electron chi connectivity index (χ2n) is 6.17. The number of hydrogen-bond acceptors (Lipinski definition) is 7. The number of hydrogen-bond donors (Lipinski definition) is 0. The largest absolute Gasteiger partial charge is 0.454 e. The van der Waals surface area contributed by atoms with E-state index in [1.54, 1.807) is 37.3 Å². The Hall–Kier alpha value is -3.17. The first-order chi connectivity index (χ1) is 13.0. The molecule has 140 valence electrons. The molecule has 1 fully saturated rings. The zero-order chi connectivity index (χ0) is 19.0. The van der Waals surface area contributed by atoms with Crippen LogP contribution in [0, 0.1) is 10.1 Å². The molecule has 2 aromatic carbocycles. The SMILES string of the molecule is C[C@H]1CN(C(=O)c2ccc3c(c2)OCO3)O[C@@H](c2cccc([N+](=O)[O-])c2)O1. The first-order valence-corrected chi connectivity index (χ1v) is 8.29. The topological polar surface area (TPSA) is 100 Å². The van der Waals surface area contributed by atoms with Gasteiger partial charge in [-0.2, -0.15) is 0 Å². The maximum absolute atomic E-state index is 12.8. The van der Waals surface area contributed by atoms with Crippen molar-refractivity contribution in [2.45, 2.75) is 19.3 Å². The van der Waals surface area contributed by atoms with E-state index >= 15 is 0 Å². The summed E-state index contributed by atoms with van der Waals surface area (Å²) in [5.74, 6) is 0.716. The average molecular weight is 372 g/mol. The van der Waals surface area contributed by atoms with E-state index in [1.165, 1.54) is 17.2 Å². The van der Waals surface area contributed by atoms with E-state index in [1.807, 2.05) is 0 Å². The number of carbonyl (C=O) groups excluding carboxylic acids is 1. The third-order valence-corrected chi connectivity index (χ3v) is 4.20. The molecule has 4 rings (SSSR count). The van der Waals surface area contributed by atoms with Crippen LogP contribution in [-0.4, -0.2) is 35.3 Å². The van der Waals surface area contributed by atoms with Gasteiger partial charge in [-0.05, 0) is 25.1 Å². The van der Waals surface area contributed by atoms with E-state index < -0.39 is 11.2 Å². The van der Waals surface area contributed by atoms with E-state index in [0.717, 1.165) is 0 Å². The van der Waals surface area contributed by atoms with Crippen molar-refractivity contribution < 1.29 is 28.8 Å². The molecule has 0 unspecified atom stereocenters. The van der Waals surface area contributed by atoms with Gasteiger partial charge in [0.05, 0.1) is 17.6 Å². The molecule has 27 heavy (non-hydrogen) atoms. The fraction of sp³-hybridized carbons (Fsp3) is 0.278. The summed E-state index contributed by atoms with van der Waals surface area (Å²) < 4.78 is 16.3. The summed E-state index contributed by atoms with van der Waals surface area (Å²) in [6, 6.07) is 10.8. The van der Waals surface area contributed by atoms with Crippen LogP contribution < -0.4 is 9.47 Å². The summed E-state index contributed by atoms with van der Waals surface area (Å²) in [7, 11) is 0. The Balaban J connectivity index is 1.56. The molecule has 0 radical (unpaired) electrons. The van der Waals surface area contributed by atoms with E-state index in [-0.39, 0.29) is 31.0 Å². The highest BCUT2D eigenvalue weighted by Crippen LogP contribution is 2.34. The van der Waals surface area contributed by atoms with E-state index in [9.17, 15) is 14.9 Å². The predicted molar refractivity (Wildman–Crippen MR) is 91.1 cm³/mol. The number of amides is 1. The van der Waals surface area contributed by atoms with Crippen molar-refractivity contribution in [1.29, 1.82) is 0 Å². The number of ether oxygens (including phenoxy) is 3. The molecule has 2 heterocycles. The van der Waals surface area contributed by atoms with Crippen LogP contribution in [0.4, 0.5) is 5.69 Å². The summed E-state index contributed by atoms with van der Waals surface area (Å²) >= 11 is 0. The molecule has 0 aromatic heterocycles. The molecule has 1 saturated heterocycles. The lowest BCUT2D eigenvalue weighted by atomic mass is 10.1. The minimum Gasteiger partial charge on any atom is -0.454 e. The van der Waals surface area contributed by atoms with Crippen LogP contribution in [0.1, 0.15) is 29.1 Å². The van der Waals surface area contributed by atoms with Gasteiger partial charge in [0, 0.05) is 23.3 Å². The zero-order valence-corrected chi connectivity index (χ0v) is 14.4. The van der Waals surface area contributed by atoms with Gasteiger partial charge in [-0.25, -0.2) is 9.90 Å². The molecule has 2 aromatic rings. The predicted octanol–water partition coefficient (Wildman–Crippen LogP) is 2.81. The van der Waals surface area contributed by atoms with Crippen molar-refractivity contribution >= 4 is 11.6 Å². The van der Waals surface area contributed by atoms with Crippen LogP contribution in [0.5, 0.6) is 11.5 Å². The summed E-state index contributed by atoms with van der Waals surface area (Å²) in [6.07, 6.45) is -1.24. The first kappa shape index (κ1) is 17.3. The Morgan fingerprint density at radius 1 is 1.19 bits per heavy atom. The van der Waals surface area contributed by atoms with Crippen LogP contribution in [-0.2, 0) is 9.57 Å². The molecule has 2 atom stereocenters. The monoisotopic (exact) mass is 372 g/mol. The van der Waals surface area contributed by atoms with Gasteiger partial charge in [-0.15, -0.1) is 0 Å². The molecular weight excluding hydrogens is 356 g/mol. The minimum absolute atomic E-state index is 0.0772. The van der Waals surface area contributed by atoms with Gasteiger partial charge in [-0.3, -0.25) is 14.9 Å². The Kier molecular flexibility index (Phi) is 4.38. The number of fused-ring (bicyclic) bond motifs is 1. The molecule has 2 aliphatic rings. The number of hydroxylamine groups is 2. The van der Waals surface area contributed by atoms with E-state index in [2.05, 4.69) is 0 Å². The molecule has 1 amide bonds. The van der Waals surface area contributed by atoms with Gasteiger partial charge < -0.3 is 14.2 Å². The maximum Gasteiger partial charge on any atom is 0.277 e. The standard InChI is InChI=1S/C18H16N2O7/c1-11-9-19(17(21)12-5-6-15-16(8-12)25-10-24-15)27-18(26-11)13-3-2-4-14(7-13)20(22)23/h2-8,11,18H,9-10H2,1H3/t11-,18-/m0/s1. The lowest BCUT2D eigenvalue weighted by Gasteiger charge is -2.36. The van der Waals surface area contributed by atoms with E-state index in [0.29, 0.717) is 22.6 Å². The van der Waals surface area contributed by atoms with Gasteiger partial charge >= 0.3 is 0 Å². The van der Waals surface area contributed by atoms with Crippen LogP contribution in [0.2, 0.25) is 0 Å². The zero-order valence-electron chi connectivity index (χ0n) is 14.4. The van der Waals surface area contributed by atoms with Crippen LogP contribution in [0.15, 0.2) is 42.5 Å². The molecule has 0 spiro atoms. The van der Waals surface area contributed by atoms with Crippen molar-refractivity contribution in [3.05, 3.63) is 63.7 Å². The summed E-state index contributed by atoms with van der Waals surface area (Å²) in [4.78, 5) is 29.0. The van der Waals surface area contributed by atoms with Crippen molar-refractivity contribution in [2.24, 2.45) is 0 Å². The number of carbonyl (C=O) groups is 1. The number of nitro groups is 1. The lowest BCUT2D eigenvalue weighted by Crippen LogP contribution is -2.44. The number of benzene rings is 2. The molecule has 0 saturated carbocycles. The normalized spacial score (nSPS) is 21.1. The quantitative estimate of drug-likeness (QED) is 0.603. The molecular formula is C18H16N2O7. The van der Waals surface area contributed by atoms with Gasteiger partial charge in [0.2, 0.25) is 13.1 Å². The Morgan fingerprint density at radius 2 is 2.00 bits per heavy atom. The number of nitrogens with zero attached hydrogens (tertiary/aromatic N) is 2. The van der Waals surface area contributed by atoms with Crippen LogP contribution in [0.3, 0.4) is 0 Å². The third kappa shape index (κ3) is 3.42. The first-order valence-electron chi connectivity index (χ1n) is 8.29. The highest BCUT2D eigenvalue weighted by Gasteiger charge is 2.32. The molecule has 9 heteroatoms. The number of non-ortho nitro benzene ring substituents is 1. The van der Waals surface area contributed by atoms with Gasteiger partial charge in [-0.1, -0.05) is 12.1 Å². The molecule has 2 aliphatic heterocycles. The Morgan fingerprint density at radius 3 is 2.81 bits per heavy atom. The Labute approximate surface area is 154 Å².